The second kappa shape index (κ2) is 5.27. The van der Waals surface area contributed by atoms with E-state index in [4.69, 9.17) is 5.84 Å². The highest BCUT2D eigenvalue weighted by Gasteiger charge is 2.08. The number of carbonyl (C=O) groups is 1. The molecule has 0 fully saturated rings. The standard InChI is InChI=1S/C13H19N5O/c1-9-15-11-8-10(4-5-12(11)18(9)3)6-7-17(2)13(19)16-14/h4-5,8H,6-7,14H2,1-3H3,(H,16,19). The fraction of sp³-hybridized carbons (Fsp3) is 0.385. The monoisotopic (exact) mass is 261 g/mol. The molecule has 0 bridgehead atoms. The first-order valence-corrected chi connectivity index (χ1v) is 6.16. The van der Waals surface area contributed by atoms with Crippen molar-refractivity contribution in [3.05, 3.63) is 29.6 Å². The third kappa shape index (κ3) is 2.68. The second-order valence-electron chi connectivity index (χ2n) is 4.66. The van der Waals surface area contributed by atoms with Gasteiger partial charge in [-0.3, -0.25) is 5.43 Å². The summed E-state index contributed by atoms with van der Waals surface area (Å²) in [5.41, 5.74) is 5.38. The maximum absolute atomic E-state index is 11.3. The molecular formula is C13H19N5O. The summed E-state index contributed by atoms with van der Waals surface area (Å²) in [5, 5.41) is 0. The number of nitrogens with two attached hydrogens (primary N) is 1. The van der Waals surface area contributed by atoms with Crippen LogP contribution < -0.4 is 11.3 Å². The van der Waals surface area contributed by atoms with E-state index < -0.39 is 0 Å². The molecule has 0 atom stereocenters. The molecule has 1 heterocycles. The van der Waals surface area contributed by atoms with Crippen LogP contribution in [0.4, 0.5) is 4.79 Å². The van der Waals surface area contributed by atoms with Crippen molar-refractivity contribution in [2.24, 2.45) is 12.9 Å². The molecule has 0 saturated carbocycles. The van der Waals surface area contributed by atoms with Crippen molar-refractivity contribution in [1.29, 1.82) is 0 Å². The Bertz CT molecular complexity index is 604. The molecule has 1 aromatic carbocycles. The van der Waals surface area contributed by atoms with E-state index in [0.717, 1.165) is 28.8 Å². The van der Waals surface area contributed by atoms with Crippen LogP contribution in [0.1, 0.15) is 11.4 Å². The Morgan fingerprint density at radius 3 is 2.95 bits per heavy atom. The number of fused-ring (bicyclic) bond motifs is 1. The summed E-state index contributed by atoms with van der Waals surface area (Å²) >= 11 is 0. The second-order valence-corrected chi connectivity index (χ2v) is 4.66. The Balaban J connectivity index is 2.12. The molecule has 3 N–H and O–H groups in total. The van der Waals surface area contributed by atoms with Crippen LogP contribution in [0, 0.1) is 6.92 Å². The predicted molar refractivity (Wildman–Crippen MR) is 74.5 cm³/mol. The van der Waals surface area contributed by atoms with Gasteiger partial charge < -0.3 is 9.47 Å². The average molecular weight is 261 g/mol. The molecule has 0 saturated heterocycles. The van der Waals surface area contributed by atoms with Crippen LogP contribution in [0.25, 0.3) is 11.0 Å². The Hall–Kier alpha value is -2.08. The number of nitrogens with zero attached hydrogens (tertiary/aromatic N) is 3. The molecule has 19 heavy (non-hydrogen) atoms. The highest BCUT2D eigenvalue weighted by atomic mass is 16.2. The molecule has 6 nitrogen and oxygen atoms in total. The molecule has 0 aliphatic heterocycles. The van der Waals surface area contributed by atoms with Crippen molar-refractivity contribution in [2.75, 3.05) is 13.6 Å². The first-order valence-electron chi connectivity index (χ1n) is 6.16. The number of hydrazine groups is 1. The predicted octanol–water partition coefficient (Wildman–Crippen LogP) is 0.939. The average Bonchev–Trinajstić information content (AvgIpc) is 2.70. The van der Waals surface area contributed by atoms with Gasteiger partial charge in [-0.25, -0.2) is 15.6 Å². The van der Waals surface area contributed by atoms with E-state index >= 15 is 0 Å². The topological polar surface area (TPSA) is 76.2 Å². The van der Waals surface area contributed by atoms with Crippen molar-refractivity contribution in [1.82, 2.24) is 19.9 Å². The summed E-state index contributed by atoms with van der Waals surface area (Å²) in [5.74, 6) is 6.07. The van der Waals surface area contributed by atoms with Gasteiger partial charge in [-0.2, -0.15) is 0 Å². The van der Waals surface area contributed by atoms with E-state index in [2.05, 4.69) is 33.2 Å². The lowest BCUT2D eigenvalue weighted by molar-refractivity contribution is 0.209. The molecule has 0 aliphatic rings. The van der Waals surface area contributed by atoms with Crippen LogP contribution in [0.15, 0.2) is 18.2 Å². The summed E-state index contributed by atoms with van der Waals surface area (Å²) in [6.45, 7) is 2.60. The normalized spacial score (nSPS) is 10.7. The molecule has 6 heteroatoms. The molecule has 2 aromatic rings. The first-order chi connectivity index (χ1) is 9.02. The molecule has 2 rings (SSSR count). The van der Waals surface area contributed by atoms with Gasteiger partial charge >= 0.3 is 6.03 Å². The zero-order valence-electron chi connectivity index (χ0n) is 11.5. The summed E-state index contributed by atoms with van der Waals surface area (Å²) in [6, 6.07) is 5.91. The number of amides is 2. The van der Waals surface area contributed by atoms with Crippen LogP contribution in [0.3, 0.4) is 0 Å². The van der Waals surface area contributed by atoms with Gasteiger partial charge in [0.2, 0.25) is 0 Å². The zero-order chi connectivity index (χ0) is 14.0. The van der Waals surface area contributed by atoms with E-state index in [1.54, 1.807) is 11.9 Å². The Morgan fingerprint density at radius 2 is 2.26 bits per heavy atom. The van der Waals surface area contributed by atoms with Crippen LogP contribution in [0.2, 0.25) is 0 Å². The molecule has 0 radical (unpaired) electrons. The minimum Gasteiger partial charge on any atom is -0.331 e. The van der Waals surface area contributed by atoms with E-state index in [0.29, 0.717) is 6.54 Å². The molecule has 0 spiro atoms. The minimum absolute atomic E-state index is 0.283. The minimum atomic E-state index is -0.283. The number of carbonyl (C=O) groups excluding carboxylic acids is 1. The van der Waals surface area contributed by atoms with Crippen LogP contribution in [-0.4, -0.2) is 34.1 Å². The Morgan fingerprint density at radius 1 is 1.53 bits per heavy atom. The number of imidazole rings is 1. The van der Waals surface area contributed by atoms with E-state index in [1.807, 2.05) is 14.0 Å². The first kappa shape index (κ1) is 13.4. The maximum Gasteiger partial charge on any atom is 0.331 e. The summed E-state index contributed by atoms with van der Waals surface area (Å²) in [4.78, 5) is 17.3. The quantitative estimate of drug-likeness (QED) is 0.490. The third-order valence-corrected chi connectivity index (χ3v) is 3.37. The van der Waals surface area contributed by atoms with Crippen LogP contribution >= 0.6 is 0 Å². The lowest BCUT2D eigenvalue weighted by Crippen LogP contribution is -2.41. The van der Waals surface area contributed by atoms with Gasteiger partial charge in [0.05, 0.1) is 11.0 Å². The molecular weight excluding hydrogens is 242 g/mol. The Kier molecular flexibility index (Phi) is 3.71. The number of urea groups is 1. The number of hydrogen-bond acceptors (Lipinski definition) is 3. The van der Waals surface area contributed by atoms with Gasteiger partial charge in [0.1, 0.15) is 5.82 Å². The van der Waals surface area contributed by atoms with Gasteiger partial charge in [0.15, 0.2) is 0 Å². The summed E-state index contributed by atoms with van der Waals surface area (Å²) in [7, 11) is 3.72. The van der Waals surface area contributed by atoms with Crippen LogP contribution in [-0.2, 0) is 13.5 Å². The lowest BCUT2D eigenvalue weighted by Gasteiger charge is -2.15. The number of aryl methyl sites for hydroxylation is 2. The SMILES string of the molecule is Cc1nc2cc(CCN(C)C(=O)NN)ccc2n1C. The van der Waals surface area contributed by atoms with Crippen molar-refractivity contribution in [3.63, 3.8) is 0 Å². The zero-order valence-corrected chi connectivity index (χ0v) is 11.5. The van der Waals surface area contributed by atoms with Gasteiger partial charge in [-0.05, 0) is 31.0 Å². The summed E-state index contributed by atoms with van der Waals surface area (Å²) < 4.78 is 2.06. The van der Waals surface area contributed by atoms with Crippen molar-refractivity contribution >= 4 is 17.1 Å². The number of nitrogens with one attached hydrogen (secondary N) is 1. The van der Waals surface area contributed by atoms with Gasteiger partial charge in [-0.1, -0.05) is 6.07 Å². The highest BCUT2D eigenvalue weighted by Crippen LogP contribution is 2.16. The smallest absolute Gasteiger partial charge is 0.331 e. The third-order valence-electron chi connectivity index (χ3n) is 3.37. The van der Waals surface area contributed by atoms with Crippen LogP contribution in [0.5, 0.6) is 0 Å². The summed E-state index contributed by atoms with van der Waals surface area (Å²) in [6.07, 6.45) is 0.773. The fourth-order valence-corrected chi connectivity index (χ4v) is 2.03. The van der Waals surface area contributed by atoms with E-state index in [-0.39, 0.29) is 6.03 Å². The Labute approximate surface area is 112 Å². The number of benzene rings is 1. The number of aromatic nitrogens is 2. The van der Waals surface area contributed by atoms with Crippen molar-refractivity contribution in [2.45, 2.75) is 13.3 Å². The number of hydrogen-bond donors (Lipinski definition) is 2. The lowest BCUT2D eigenvalue weighted by atomic mass is 10.1. The fourth-order valence-electron chi connectivity index (χ4n) is 2.03. The van der Waals surface area contributed by atoms with Crippen molar-refractivity contribution < 1.29 is 4.79 Å². The highest BCUT2D eigenvalue weighted by molar-refractivity contribution is 5.77. The van der Waals surface area contributed by atoms with E-state index in [1.165, 1.54) is 0 Å². The van der Waals surface area contributed by atoms with Crippen molar-refractivity contribution in [3.8, 4) is 0 Å². The van der Waals surface area contributed by atoms with Gasteiger partial charge in [-0.15, -0.1) is 0 Å². The molecule has 1 aromatic heterocycles. The van der Waals surface area contributed by atoms with Gasteiger partial charge in [0.25, 0.3) is 0 Å². The van der Waals surface area contributed by atoms with Gasteiger partial charge in [0, 0.05) is 20.6 Å². The maximum atomic E-state index is 11.3. The van der Waals surface area contributed by atoms with E-state index in [9.17, 15) is 4.79 Å². The molecule has 102 valence electrons. The molecule has 0 aliphatic carbocycles. The molecule has 2 amide bonds. The number of rotatable bonds is 3. The number of likely N-dealkylation sites (N-methyl/N-ethyl adjacent to an activating group) is 1. The molecule has 0 unspecified atom stereocenters. The largest absolute Gasteiger partial charge is 0.331 e.